The number of allylic oxidation sites excluding steroid dienone is 1. The number of nitrogens with zero attached hydrogens (tertiary/aromatic N) is 3. The largest absolute Gasteiger partial charge is 0.360 e. The lowest BCUT2D eigenvalue weighted by molar-refractivity contribution is -0.384. The number of hydrogen-bond acceptors (Lipinski definition) is 6. The van der Waals surface area contributed by atoms with Gasteiger partial charge in [-0.25, -0.2) is 4.98 Å². The maximum atomic E-state index is 10.9. The van der Waals surface area contributed by atoms with Crippen molar-refractivity contribution >= 4 is 28.3 Å². The van der Waals surface area contributed by atoms with Gasteiger partial charge in [-0.3, -0.25) is 10.1 Å². The molecular formula is C20H16N4O2S. The molecule has 0 radical (unpaired) electrons. The van der Waals surface area contributed by atoms with E-state index in [2.05, 4.69) is 42.4 Å². The van der Waals surface area contributed by atoms with Crippen molar-refractivity contribution in [2.24, 2.45) is 0 Å². The van der Waals surface area contributed by atoms with Crippen LogP contribution in [0.4, 0.5) is 11.4 Å². The number of aromatic nitrogens is 1. The minimum Gasteiger partial charge on any atom is -0.360 e. The summed E-state index contributed by atoms with van der Waals surface area (Å²) in [5, 5.41) is 25.7. The SMILES string of the molecule is Cc1ccc(-c2csc(/C(C#N)=C/Nc3cccc([N+](=O)[O-])c3)n2)cc1C. The third-order valence-corrected chi connectivity index (χ3v) is 4.97. The summed E-state index contributed by atoms with van der Waals surface area (Å²) in [7, 11) is 0. The predicted molar refractivity (Wildman–Crippen MR) is 107 cm³/mol. The zero-order valence-electron chi connectivity index (χ0n) is 14.8. The van der Waals surface area contributed by atoms with Gasteiger partial charge in [-0.15, -0.1) is 11.3 Å². The first-order valence-electron chi connectivity index (χ1n) is 8.12. The van der Waals surface area contributed by atoms with Crippen LogP contribution in [0.25, 0.3) is 16.8 Å². The van der Waals surface area contributed by atoms with Crippen LogP contribution in [0.2, 0.25) is 0 Å². The lowest BCUT2D eigenvalue weighted by Crippen LogP contribution is -1.93. The van der Waals surface area contributed by atoms with E-state index in [4.69, 9.17) is 0 Å². The molecule has 0 unspecified atom stereocenters. The number of nitriles is 1. The molecule has 7 heteroatoms. The van der Waals surface area contributed by atoms with Crippen molar-refractivity contribution in [2.45, 2.75) is 13.8 Å². The molecule has 1 heterocycles. The summed E-state index contributed by atoms with van der Waals surface area (Å²) in [5.41, 5.74) is 5.10. The van der Waals surface area contributed by atoms with Gasteiger partial charge in [0, 0.05) is 35.0 Å². The summed E-state index contributed by atoms with van der Waals surface area (Å²) in [6.07, 6.45) is 1.52. The van der Waals surface area contributed by atoms with Crippen LogP contribution in [0.15, 0.2) is 54.0 Å². The van der Waals surface area contributed by atoms with Crippen molar-refractivity contribution in [1.29, 1.82) is 5.26 Å². The molecule has 0 aliphatic carbocycles. The summed E-state index contributed by atoms with van der Waals surface area (Å²) >= 11 is 1.38. The standard InChI is InChI=1S/C20H16N4O2S/c1-13-6-7-15(8-14(13)2)19-12-27-20(23-19)16(10-21)11-22-17-4-3-5-18(9-17)24(25)26/h3-9,11-12,22H,1-2H3/b16-11+. The fraction of sp³-hybridized carbons (Fsp3) is 0.100. The van der Waals surface area contributed by atoms with E-state index in [1.54, 1.807) is 12.1 Å². The molecule has 27 heavy (non-hydrogen) atoms. The topological polar surface area (TPSA) is 91.8 Å². The van der Waals surface area contributed by atoms with Crippen molar-refractivity contribution in [3.63, 3.8) is 0 Å². The van der Waals surface area contributed by atoms with Crippen LogP contribution in [-0.2, 0) is 0 Å². The summed E-state index contributed by atoms with van der Waals surface area (Å²) in [4.78, 5) is 15.0. The van der Waals surface area contributed by atoms with E-state index < -0.39 is 4.92 Å². The summed E-state index contributed by atoms with van der Waals surface area (Å²) in [5.74, 6) is 0. The Balaban J connectivity index is 1.84. The van der Waals surface area contributed by atoms with E-state index in [9.17, 15) is 15.4 Å². The van der Waals surface area contributed by atoms with Crippen LogP contribution >= 0.6 is 11.3 Å². The molecule has 0 amide bonds. The number of anilines is 1. The van der Waals surface area contributed by atoms with E-state index in [-0.39, 0.29) is 5.69 Å². The molecule has 0 aliphatic heterocycles. The Morgan fingerprint density at radius 3 is 2.78 bits per heavy atom. The summed E-state index contributed by atoms with van der Waals surface area (Å²) in [6, 6.07) is 14.4. The maximum absolute atomic E-state index is 10.9. The van der Waals surface area contributed by atoms with E-state index in [0.717, 1.165) is 11.3 Å². The van der Waals surface area contributed by atoms with E-state index in [1.165, 1.54) is 40.8 Å². The lowest BCUT2D eigenvalue weighted by atomic mass is 10.1. The highest BCUT2D eigenvalue weighted by Crippen LogP contribution is 2.27. The smallest absolute Gasteiger partial charge is 0.271 e. The second-order valence-corrected chi connectivity index (χ2v) is 6.82. The molecule has 1 aromatic heterocycles. The van der Waals surface area contributed by atoms with Crippen molar-refractivity contribution in [3.05, 3.63) is 80.3 Å². The van der Waals surface area contributed by atoms with Crippen LogP contribution in [-0.4, -0.2) is 9.91 Å². The molecule has 0 aliphatic rings. The number of non-ortho nitro benzene ring substituents is 1. The summed E-state index contributed by atoms with van der Waals surface area (Å²) < 4.78 is 0. The third-order valence-electron chi connectivity index (χ3n) is 4.10. The number of aryl methyl sites for hydroxylation is 2. The Bertz CT molecular complexity index is 1080. The normalized spacial score (nSPS) is 11.1. The van der Waals surface area contributed by atoms with Gasteiger partial charge in [0.1, 0.15) is 16.6 Å². The number of nitro groups is 1. The van der Waals surface area contributed by atoms with Crippen LogP contribution in [0.3, 0.4) is 0 Å². The molecule has 0 spiro atoms. The minimum atomic E-state index is -0.462. The molecule has 0 saturated heterocycles. The maximum Gasteiger partial charge on any atom is 0.271 e. The highest BCUT2D eigenvalue weighted by Gasteiger charge is 2.10. The van der Waals surface area contributed by atoms with Gasteiger partial charge in [0.05, 0.1) is 10.6 Å². The van der Waals surface area contributed by atoms with Crippen molar-refractivity contribution in [2.75, 3.05) is 5.32 Å². The van der Waals surface area contributed by atoms with Crippen molar-refractivity contribution in [3.8, 4) is 17.3 Å². The monoisotopic (exact) mass is 376 g/mol. The first-order chi connectivity index (χ1) is 13.0. The highest BCUT2D eigenvalue weighted by atomic mass is 32.1. The Morgan fingerprint density at radius 1 is 1.26 bits per heavy atom. The van der Waals surface area contributed by atoms with E-state index in [1.807, 2.05) is 11.4 Å². The van der Waals surface area contributed by atoms with Gasteiger partial charge in [0.15, 0.2) is 0 Å². The van der Waals surface area contributed by atoms with Gasteiger partial charge < -0.3 is 5.32 Å². The van der Waals surface area contributed by atoms with Gasteiger partial charge in [0.25, 0.3) is 5.69 Å². The number of thiazole rings is 1. The molecular weight excluding hydrogens is 360 g/mol. The lowest BCUT2D eigenvalue weighted by Gasteiger charge is -2.02. The number of hydrogen-bond donors (Lipinski definition) is 1. The molecule has 6 nitrogen and oxygen atoms in total. The summed E-state index contributed by atoms with van der Waals surface area (Å²) in [6.45, 7) is 4.11. The second-order valence-electron chi connectivity index (χ2n) is 5.96. The molecule has 0 saturated carbocycles. The van der Waals surface area contributed by atoms with Gasteiger partial charge in [0.2, 0.25) is 0 Å². The third kappa shape index (κ3) is 4.19. The number of rotatable bonds is 5. The Morgan fingerprint density at radius 2 is 2.07 bits per heavy atom. The Hall–Kier alpha value is -3.50. The van der Waals surface area contributed by atoms with Crippen LogP contribution in [0, 0.1) is 35.3 Å². The first-order valence-corrected chi connectivity index (χ1v) is 9.00. The van der Waals surface area contributed by atoms with Gasteiger partial charge >= 0.3 is 0 Å². The predicted octanol–water partition coefficient (Wildman–Crippen LogP) is 5.31. The Kier molecular flexibility index (Phi) is 5.29. The van der Waals surface area contributed by atoms with E-state index in [0.29, 0.717) is 16.3 Å². The molecule has 0 atom stereocenters. The van der Waals surface area contributed by atoms with Gasteiger partial charge in [-0.2, -0.15) is 5.26 Å². The zero-order chi connectivity index (χ0) is 19.4. The zero-order valence-corrected chi connectivity index (χ0v) is 15.6. The molecule has 3 aromatic rings. The fourth-order valence-corrected chi connectivity index (χ4v) is 3.23. The van der Waals surface area contributed by atoms with Crippen molar-refractivity contribution in [1.82, 2.24) is 4.98 Å². The number of nitrogens with one attached hydrogen (secondary N) is 1. The molecule has 2 aromatic carbocycles. The van der Waals surface area contributed by atoms with Crippen LogP contribution < -0.4 is 5.32 Å². The molecule has 134 valence electrons. The number of benzene rings is 2. The first kappa shape index (κ1) is 18.3. The number of nitro benzene ring substituents is 1. The second kappa shape index (κ2) is 7.81. The average molecular weight is 376 g/mol. The molecule has 3 rings (SSSR count). The fourth-order valence-electron chi connectivity index (χ4n) is 2.44. The molecule has 0 fully saturated rings. The minimum absolute atomic E-state index is 0.0156. The van der Waals surface area contributed by atoms with Crippen LogP contribution in [0.5, 0.6) is 0 Å². The Labute approximate surface area is 160 Å². The van der Waals surface area contributed by atoms with E-state index >= 15 is 0 Å². The van der Waals surface area contributed by atoms with Crippen molar-refractivity contribution < 1.29 is 4.92 Å². The molecule has 1 N–H and O–H groups in total. The quantitative estimate of drug-likeness (QED) is 0.370. The highest BCUT2D eigenvalue weighted by molar-refractivity contribution is 7.11. The molecule has 0 bridgehead atoms. The van der Waals surface area contributed by atoms with Gasteiger partial charge in [-0.05, 0) is 37.1 Å². The average Bonchev–Trinajstić information content (AvgIpc) is 3.15. The van der Waals surface area contributed by atoms with Crippen LogP contribution in [0.1, 0.15) is 16.1 Å². The van der Waals surface area contributed by atoms with Gasteiger partial charge in [-0.1, -0.05) is 18.2 Å².